The van der Waals surface area contributed by atoms with E-state index in [1.54, 1.807) is 19.6 Å². The molecule has 0 amide bonds. The standard InChI is InChI=1S/C24H26F9NOSi/c1-14-8-15(10-17(9-14)22(25,26)27)21(35-36(2,3)4,20-6-5-7-34-20)16-11-18(23(28,29)30)13-19(12-16)24(31,32)33/h8-13,20,34H,5-7H2,1-4H3/t20?,21-/m0/s1. The van der Waals surface area contributed by atoms with Crippen molar-refractivity contribution in [3.05, 3.63) is 69.8 Å². The first-order chi connectivity index (χ1) is 16.2. The van der Waals surface area contributed by atoms with Gasteiger partial charge in [-0.05, 0) is 87.4 Å². The molecular weight excluding hydrogens is 517 g/mol. The molecule has 1 aliphatic rings. The zero-order chi connectivity index (χ0) is 27.3. The highest BCUT2D eigenvalue weighted by Gasteiger charge is 2.50. The molecule has 2 aromatic carbocycles. The van der Waals surface area contributed by atoms with Gasteiger partial charge >= 0.3 is 18.5 Å². The van der Waals surface area contributed by atoms with Gasteiger partial charge in [-0.3, -0.25) is 0 Å². The number of halogens is 9. The lowest BCUT2D eigenvalue weighted by atomic mass is 9.77. The largest absolute Gasteiger partial charge is 0.416 e. The van der Waals surface area contributed by atoms with E-state index >= 15 is 0 Å². The lowest BCUT2D eigenvalue weighted by Gasteiger charge is -2.45. The van der Waals surface area contributed by atoms with Crippen LogP contribution in [0.1, 0.15) is 46.2 Å². The minimum Gasteiger partial charge on any atom is -0.403 e. The summed E-state index contributed by atoms with van der Waals surface area (Å²) in [6, 6.07) is 3.23. The summed E-state index contributed by atoms with van der Waals surface area (Å²) in [6.45, 7) is 6.79. The van der Waals surface area contributed by atoms with E-state index in [-0.39, 0.29) is 23.6 Å². The van der Waals surface area contributed by atoms with E-state index in [1.165, 1.54) is 13.0 Å². The SMILES string of the molecule is Cc1cc(C(F)(F)F)cc([C@](O[Si](C)(C)C)(c2cc(C(F)(F)F)cc(C(F)(F)F)c2)C2CCCN2)c1. The summed E-state index contributed by atoms with van der Waals surface area (Å²) in [6.07, 6.45) is -14.3. The summed E-state index contributed by atoms with van der Waals surface area (Å²) >= 11 is 0. The van der Waals surface area contributed by atoms with Crippen molar-refractivity contribution in [1.29, 1.82) is 0 Å². The van der Waals surface area contributed by atoms with Crippen LogP contribution in [0.2, 0.25) is 19.6 Å². The average Bonchev–Trinajstić information content (AvgIpc) is 3.23. The zero-order valence-electron chi connectivity index (χ0n) is 20.0. The first kappa shape index (κ1) is 28.5. The fourth-order valence-corrected chi connectivity index (χ4v) is 5.95. The molecule has 12 heteroatoms. The average molecular weight is 544 g/mol. The Bertz CT molecular complexity index is 1060. The minimum atomic E-state index is -5.13. The molecule has 2 atom stereocenters. The Labute approximate surface area is 204 Å². The van der Waals surface area contributed by atoms with Gasteiger partial charge in [0.25, 0.3) is 0 Å². The van der Waals surface area contributed by atoms with E-state index in [9.17, 15) is 39.5 Å². The topological polar surface area (TPSA) is 21.3 Å². The zero-order valence-corrected chi connectivity index (χ0v) is 21.0. The number of hydrogen-bond acceptors (Lipinski definition) is 2. The van der Waals surface area contributed by atoms with Crippen LogP contribution in [0.4, 0.5) is 39.5 Å². The van der Waals surface area contributed by atoms with E-state index in [0.717, 1.165) is 12.1 Å². The smallest absolute Gasteiger partial charge is 0.403 e. The maximum Gasteiger partial charge on any atom is 0.416 e. The predicted octanol–water partition coefficient (Wildman–Crippen LogP) is 7.90. The third-order valence-corrected chi connectivity index (χ3v) is 6.80. The first-order valence-electron chi connectivity index (χ1n) is 11.2. The number of hydrogen-bond donors (Lipinski definition) is 1. The molecule has 2 nitrogen and oxygen atoms in total. The Kier molecular flexibility index (Phi) is 7.41. The maximum atomic E-state index is 13.8. The van der Waals surface area contributed by atoms with Crippen LogP contribution in [0.3, 0.4) is 0 Å². The van der Waals surface area contributed by atoms with Gasteiger partial charge in [0.2, 0.25) is 0 Å². The van der Waals surface area contributed by atoms with Crippen LogP contribution in [0.15, 0.2) is 36.4 Å². The lowest BCUT2D eigenvalue weighted by Crippen LogP contribution is -2.53. The molecule has 1 fully saturated rings. The van der Waals surface area contributed by atoms with Crippen molar-refractivity contribution in [3.8, 4) is 0 Å². The molecule has 200 valence electrons. The van der Waals surface area contributed by atoms with Crippen LogP contribution in [0.25, 0.3) is 0 Å². The van der Waals surface area contributed by atoms with Crippen LogP contribution < -0.4 is 5.32 Å². The summed E-state index contributed by atoms with van der Waals surface area (Å²) in [4.78, 5) is 0. The monoisotopic (exact) mass is 543 g/mol. The minimum absolute atomic E-state index is 0.00222. The molecule has 2 aromatic rings. The number of benzene rings is 2. The predicted molar refractivity (Wildman–Crippen MR) is 119 cm³/mol. The molecule has 1 heterocycles. The Balaban J connectivity index is 2.49. The molecule has 0 aromatic heterocycles. The highest BCUT2D eigenvalue weighted by atomic mass is 28.4. The fraction of sp³-hybridized carbons (Fsp3) is 0.500. The van der Waals surface area contributed by atoms with Gasteiger partial charge in [-0.1, -0.05) is 11.6 Å². The normalized spacial score (nSPS) is 19.4. The third kappa shape index (κ3) is 6.08. The van der Waals surface area contributed by atoms with Crippen molar-refractivity contribution in [2.24, 2.45) is 0 Å². The van der Waals surface area contributed by atoms with Crippen molar-refractivity contribution in [1.82, 2.24) is 5.32 Å². The molecule has 0 radical (unpaired) electrons. The van der Waals surface area contributed by atoms with Crippen LogP contribution in [-0.4, -0.2) is 20.9 Å². The second-order valence-electron chi connectivity index (χ2n) is 9.98. The van der Waals surface area contributed by atoms with Crippen LogP contribution >= 0.6 is 0 Å². The molecule has 0 saturated carbocycles. The molecule has 3 rings (SSSR count). The van der Waals surface area contributed by atoms with Gasteiger partial charge in [-0.15, -0.1) is 0 Å². The molecular formula is C24H26F9NOSi. The van der Waals surface area contributed by atoms with Crippen LogP contribution in [-0.2, 0) is 28.6 Å². The quantitative estimate of drug-likeness (QED) is 0.306. The van der Waals surface area contributed by atoms with Crippen LogP contribution in [0, 0.1) is 6.92 Å². The molecule has 36 heavy (non-hydrogen) atoms. The molecule has 0 aliphatic carbocycles. The van der Waals surface area contributed by atoms with E-state index < -0.39 is 60.7 Å². The second kappa shape index (κ2) is 9.36. The molecule has 1 unspecified atom stereocenters. The maximum absolute atomic E-state index is 13.8. The molecule has 0 spiro atoms. The van der Waals surface area contributed by atoms with Crippen LogP contribution in [0.5, 0.6) is 0 Å². The Morgan fingerprint density at radius 2 is 1.08 bits per heavy atom. The highest BCUT2D eigenvalue weighted by Crippen LogP contribution is 2.47. The van der Waals surface area contributed by atoms with Gasteiger partial charge < -0.3 is 9.74 Å². The van der Waals surface area contributed by atoms with Crippen molar-refractivity contribution in [3.63, 3.8) is 0 Å². The summed E-state index contributed by atoms with van der Waals surface area (Å²) in [5.41, 5.74) is -6.72. The van der Waals surface area contributed by atoms with E-state index in [2.05, 4.69) is 5.32 Å². The second-order valence-corrected chi connectivity index (χ2v) is 14.4. The summed E-state index contributed by atoms with van der Waals surface area (Å²) in [5.74, 6) is 0. The highest BCUT2D eigenvalue weighted by molar-refractivity contribution is 6.69. The van der Waals surface area contributed by atoms with Gasteiger partial charge in [-0.2, -0.15) is 39.5 Å². The number of alkyl halides is 9. The van der Waals surface area contributed by atoms with Gasteiger partial charge in [0, 0.05) is 6.04 Å². The fourth-order valence-electron chi connectivity index (χ4n) is 4.60. The number of nitrogens with one attached hydrogen (secondary N) is 1. The van der Waals surface area contributed by atoms with E-state index in [0.29, 0.717) is 25.1 Å². The molecule has 1 aliphatic heterocycles. The summed E-state index contributed by atoms with van der Waals surface area (Å²) in [7, 11) is -2.82. The van der Waals surface area contributed by atoms with Gasteiger partial charge in [0.1, 0.15) is 5.60 Å². The van der Waals surface area contributed by atoms with Crippen molar-refractivity contribution >= 4 is 8.32 Å². The summed E-state index contributed by atoms with van der Waals surface area (Å²) in [5, 5.41) is 3.06. The van der Waals surface area contributed by atoms with Crippen molar-refractivity contribution in [2.45, 2.75) is 69.6 Å². The first-order valence-corrected chi connectivity index (χ1v) is 14.6. The lowest BCUT2D eigenvalue weighted by molar-refractivity contribution is -0.143. The molecule has 1 N–H and O–H groups in total. The number of rotatable bonds is 5. The van der Waals surface area contributed by atoms with Gasteiger partial charge in [-0.25, -0.2) is 0 Å². The van der Waals surface area contributed by atoms with Crippen molar-refractivity contribution < 1.29 is 43.9 Å². The van der Waals surface area contributed by atoms with E-state index in [1.807, 2.05) is 0 Å². The number of aryl methyl sites for hydroxylation is 1. The Hall–Kier alpha value is -2.05. The molecule has 1 saturated heterocycles. The van der Waals surface area contributed by atoms with Gasteiger partial charge in [0.15, 0.2) is 8.32 Å². The Morgan fingerprint density at radius 1 is 0.694 bits per heavy atom. The van der Waals surface area contributed by atoms with Crippen molar-refractivity contribution in [2.75, 3.05) is 6.54 Å². The summed E-state index contributed by atoms with van der Waals surface area (Å²) < 4.78 is 130. The van der Waals surface area contributed by atoms with E-state index in [4.69, 9.17) is 4.43 Å². The molecule has 0 bridgehead atoms. The van der Waals surface area contributed by atoms with Gasteiger partial charge in [0.05, 0.1) is 16.7 Å². The Morgan fingerprint density at radius 3 is 1.47 bits per heavy atom. The third-order valence-electron chi connectivity index (χ3n) is 5.87.